The lowest BCUT2D eigenvalue weighted by atomic mass is 10.0. The van der Waals surface area contributed by atoms with Gasteiger partial charge in [-0.15, -0.1) is 0 Å². The van der Waals surface area contributed by atoms with Gasteiger partial charge in [0.25, 0.3) is 0 Å². The fourth-order valence-electron chi connectivity index (χ4n) is 2.20. The zero-order chi connectivity index (χ0) is 18.2. The number of anilines is 1. The van der Waals surface area contributed by atoms with Crippen molar-refractivity contribution in [2.45, 2.75) is 18.2 Å². The van der Waals surface area contributed by atoms with Gasteiger partial charge in [-0.1, -0.05) is 54.2 Å². The molecule has 2 aromatic carbocycles. The third-order valence-corrected chi connectivity index (χ3v) is 4.52. The van der Waals surface area contributed by atoms with Crippen molar-refractivity contribution < 1.29 is 9.90 Å². The monoisotopic (exact) mass is 359 g/mol. The van der Waals surface area contributed by atoms with E-state index in [1.807, 2.05) is 54.6 Å². The van der Waals surface area contributed by atoms with Crippen LogP contribution in [0.1, 0.15) is 11.1 Å². The van der Waals surface area contributed by atoms with Crippen molar-refractivity contribution in [1.29, 1.82) is 0 Å². The standard InChI is InChI=1S/C17H21N5O2S/c18-15(16(23)24)10-12-5-4-6-13(9-12)11-25-17(21-19)22(20)14-7-2-1-3-8-14/h1-9,15H,10-11,18-20H2,(H,23,24)/b21-17+. The van der Waals surface area contributed by atoms with E-state index in [-0.39, 0.29) is 6.42 Å². The Labute approximate surface area is 150 Å². The average molecular weight is 359 g/mol. The zero-order valence-electron chi connectivity index (χ0n) is 13.6. The number of aliphatic carboxylic acids is 1. The second-order valence-corrected chi connectivity index (χ2v) is 6.32. The summed E-state index contributed by atoms with van der Waals surface area (Å²) in [5.74, 6) is 11.1. The Morgan fingerprint density at radius 2 is 1.84 bits per heavy atom. The highest BCUT2D eigenvalue weighted by Gasteiger charge is 2.13. The fourth-order valence-corrected chi connectivity index (χ4v) is 3.00. The van der Waals surface area contributed by atoms with Gasteiger partial charge in [0.05, 0.1) is 5.69 Å². The summed E-state index contributed by atoms with van der Waals surface area (Å²) in [4.78, 5) is 10.9. The van der Waals surface area contributed by atoms with Crippen LogP contribution < -0.4 is 22.4 Å². The normalized spacial score (nSPS) is 12.6. The summed E-state index contributed by atoms with van der Waals surface area (Å²) < 4.78 is 0. The third-order valence-electron chi connectivity index (χ3n) is 3.48. The fraction of sp³-hybridized carbons (Fsp3) is 0.176. The molecule has 7 N–H and O–H groups in total. The van der Waals surface area contributed by atoms with E-state index in [9.17, 15) is 4.79 Å². The summed E-state index contributed by atoms with van der Waals surface area (Å²) in [6.07, 6.45) is 0.276. The van der Waals surface area contributed by atoms with E-state index in [4.69, 9.17) is 22.5 Å². The number of carboxylic acids is 1. The minimum Gasteiger partial charge on any atom is -0.480 e. The number of hydrazine groups is 1. The molecule has 0 heterocycles. The van der Waals surface area contributed by atoms with E-state index in [2.05, 4.69) is 5.10 Å². The molecule has 0 radical (unpaired) electrons. The van der Waals surface area contributed by atoms with Crippen molar-refractivity contribution in [2.24, 2.45) is 22.5 Å². The Bertz CT molecular complexity index is 739. The molecule has 0 aliphatic heterocycles. The minimum absolute atomic E-state index is 0.276. The van der Waals surface area contributed by atoms with Crippen LogP contribution >= 0.6 is 11.8 Å². The van der Waals surface area contributed by atoms with E-state index < -0.39 is 12.0 Å². The SMILES string of the molecule is N/N=C(/SCc1cccc(CC(N)C(=O)O)c1)N(N)c1ccccc1. The number of carbonyl (C=O) groups is 1. The van der Waals surface area contributed by atoms with E-state index in [1.54, 1.807) is 0 Å². The number of para-hydroxylation sites is 1. The van der Waals surface area contributed by atoms with Gasteiger partial charge in [0.15, 0.2) is 0 Å². The van der Waals surface area contributed by atoms with Crippen LogP contribution in [0, 0.1) is 0 Å². The number of nitrogens with zero attached hydrogens (tertiary/aromatic N) is 2. The van der Waals surface area contributed by atoms with Gasteiger partial charge in [-0.25, -0.2) is 5.84 Å². The van der Waals surface area contributed by atoms with Crippen molar-refractivity contribution in [2.75, 3.05) is 5.01 Å². The number of rotatable bonds is 6. The number of amidine groups is 1. The van der Waals surface area contributed by atoms with Gasteiger partial charge in [-0.3, -0.25) is 9.80 Å². The highest BCUT2D eigenvalue weighted by Crippen LogP contribution is 2.20. The summed E-state index contributed by atoms with van der Waals surface area (Å²) in [5.41, 5.74) is 8.23. The van der Waals surface area contributed by atoms with E-state index in [1.165, 1.54) is 16.8 Å². The second-order valence-electron chi connectivity index (χ2n) is 5.37. The molecule has 0 aromatic heterocycles. The highest BCUT2D eigenvalue weighted by atomic mass is 32.2. The van der Waals surface area contributed by atoms with Crippen molar-refractivity contribution >= 4 is 28.6 Å². The Kier molecular flexibility index (Phi) is 6.81. The largest absolute Gasteiger partial charge is 0.480 e. The first-order valence-electron chi connectivity index (χ1n) is 7.58. The molecular weight excluding hydrogens is 338 g/mol. The molecule has 0 fully saturated rings. The number of thioether (sulfide) groups is 1. The molecule has 0 bridgehead atoms. The van der Waals surface area contributed by atoms with Crippen LogP contribution in [0.3, 0.4) is 0 Å². The molecule has 0 aliphatic rings. The Balaban J connectivity index is 2.01. The maximum Gasteiger partial charge on any atom is 0.320 e. The molecule has 2 rings (SSSR count). The predicted molar refractivity (Wildman–Crippen MR) is 102 cm³/mol. The topological polar surface area (TPSA) is 131 Å². The molecule has 1 unspecified atom stereocenters. The van der Waals surface area contributed by atoms with Crippen LogP contribution in [-0.4, -0.2) is 22.3 Å². The number of nitrogens with two attached hydrogens (primary N) is 3. The van der Waals surface area contributed by atoms with Crippen LogP contribution in [0.25, 0.3) is 0 Å². The molecule has 2 aromatic rings. The Hall–Kier alpha value is -2.55. The van der Waals surface area contributed by atoms with Gasteiger partial charge < -0.3 is 16.7 Å². The first-order chi connectivity index (χ1) is 12.0. The summed E-state index contributed by atoms with van der Waals surface area (Å²) in [7, 11) is 0. The molecule has 0 saturated heterocycles. The van der Waals surface area contributed by atoms with Crippen LogP contribution in [0.2, 0.25) is 0 Å². The van der Waals surface area contributed by atoms with Crippen molar-refractivity contribution in [3.05, 3.63) is 65.7 Å². The summed E-state index contributed by atoms with van der Waals surface area (Å²) >= 11 is 1.39. The summed E-state index contributed by atoms with van der Waals surface area (Å²) in [6, 6.07) is 16.1. The van der Waals surface area contributed by atoms with Crippen molar-refractivity contribution in [1.82, 2.24) is 0 Å². The van der Waals surface area contributed by atoms with Gasteiger partial charge in [-0.05, 0) is 29.7 Å². The van der Waals surface area contributed by atoms with Gasteiger partial charge in [0.1, 0.15) is 6.04 Å². The maximum atomic E-state index is 10.9. The molecule has 8 heteroatoms. The Morgan fingerprint density at radius 3 is 2.48 bits per heavy atom. The molecule has 1 atom stereocenters. The quantitative estimate of drug-likeness (QED) is 0.266. The number of carboxylic acid groups (broad SMARTS) is 1. The molecular formula is C17H21N5O2S. The maximum absolute atomic E-state index is 10.9. The lowest BCUT2D eigenvalue weighted by Crippen LogP contribution is -2.36. The number of hydrogen-bond acceptors (Lipinski definition) is 6. The number of hydrogen-bond donors (Lipinski definition) is 4. The molecule has 7 nitrogen and oxygen atoms in total. The minimum atomic E-state index is -1.01. The number of benzene rings is 2. The number of hydrazone groups is 1. The van der Waals surface area contributed by atoms with Crippen LogP contribution in [0.4, 0.5) is 5.69 Å². The molecule has 132 valence electrons. The van der Waals surface area contributed by atoms with Gasteiger partial charge in [0.2, 0.25) is 5.17 Å². The van der Waals surface area contributed by atoms with Crippen LogP contribution in [-0.2, 0) is 17.0 Å². The predicted octanol–water partition coefficient (Wildman–Crippen LogP) is 1.48. The molecule has 0 saturated carbocycles. The van der Waals surface area contributed by atoms with Crippen molar-refractivity contribution in [3.8, 4) is 0 Å². The summed E-state index contributed by atoms with van der Waals surface area (Å²) in [6.45, 7) is 0. The second kappa shape index (κ2) is 9.07. The molecule has 0 spiro atoms. The first-order valence-corrected chi connectivity index (χ1v) is 8.56. The molecule has 25 heavy (non-hydrogen) atoms. The van der Waals surface area contributed by atoms with Crippen molar-refractivity contribution in [3.63, 3.8) is 0 Å². The summed E-state index contributed by atoms with van der Waals surface area (Å²) in [5, 5.41) is 14.6. The average Bonchev–Trinajstić information content (AvgIpc) is 2.63. The lowest BCUT2D eigenvalue weighted by Gasteiger charge is -2.19. The lowest BCUT2D eigenvalue weighted by molar-refractivity contribution is -0.138. The van der Waals surface area contributed by atoms with Crippen LogP contribution in [0.15, 0.2) is 59.7 Å². The first kappa shape index (κ1) is 18.8. The van der Waals surface area contributed by atoms with Gasteiger partial charge in [0, 0.05) is 5.75 Å². The molecule has 0 aliphatic carbocycles. The third kappa shape index (κ3) is 5.49. The van der Waals surface area contributed by atoms with Gasteiger partial charge in [-0.2, -0.15) is 5.10 Å². The molecule has 0 amide bonds. The highest BCUT2D eigenvalue weighted by molar-refractivity contribution is 8.13. The van der Waals surface area contributed by atoms with E-state index in [0.717, 1.165) is 16.8 Å². The zero-order valence-corrected chi connectivity index (χ0v) is 14.4. The van der Waals surface area contributed by atoms with E-state index in [0.29, 0.717) is 10.9 Å². The van der Waals surface area contributed by atoms with E-state index >= 15 is 0 Å². The van der Waals surface area contributed by atoms with Crippen LogP contribution in [0.5, 0.6) is 0 Å². The Morgan fingerprint density at radius 1 is 1.16 bits per heavy atom. The smallest absolute Gasteiger partial charge is 0.320 e. The van der Waals surface area contributed by atoms with Gasteiger partial charge >= 0.3 is 5.97 Å².